The zero-order chi connectivity index (χ0) is 21.7. The number of nitrogens with zero attached hydrogens (tertiary/aromatic N) is 1. The molecule has 0 bridgehead atoms. The van der Waals surface area contributed by atoms with E-state index >= 15 is 0 Å². The van der Waals surface area contributed by atoms with Gasteiger partial charge in [0.1, 0.15) is 17.2 Å². The number of nitro groups is 1. The van der Waals surface area contributed by atoms with Crippen LogP contribution in [-0.4, -0.2) is 32.1 Å². The lowest BCUT2D eigenvalue weighted by molar-refractivity contribution is -0.384. The van der Waals surface area contributed by atoms with Gasteiger partial charge < -0.3 is 20.1 Å². The topological polar surface area (TPSA) is 103 Å². The SMILES string of the molecule is CNc1ccc(C(=O)Nc2ccc(OC)c(-c3ccc(OC)cc3)c2)cc1[N+](=O)[O-]. The van der Waals surface area contributed by atoms with E-state index in [9.17, 15) is 14.9 Å². The molecule has 3 aromatic carbocycles. The Hall–Kier alpha value is -4.07. The van der Waals surface area contributed by atoms with Gasteiger partial charge in [0.05, 0.1) is 19.1 Å². The van der Waals surface area contributed by atoms with Crippen LogP contribution in [0.1, 0.15) is 10.4 Å². The summed E-state index contributed by atoms with van der Waals surface area (Å²) in [5, 5.41) is 16.8. The summed E-state index contributed by atoms with van der Waals surface area (Å²) in [7, 11) is 4.75. The zero-order valence-electron chi connectivity index (χ0n) is 16.8. The summed E-state index contributed by atoms with van der Waals surface area (Å²) in [6.07, 6.45) is 0. The van der Waals surface area contributed by atoms with E-state index in [1.165, 1.54) is 18.2 Å². The van der Waals surface area contributed by atoms with Crippen LogP contribution in [0.15, 0.2) is 60.7 Å². The van der Waals surface area contributed by atoms with E-state index in [0.717, 1.165) is 16.9 Å². The van der Waals surface area contributed by atoms with Crippen molar-refractivity contribution >= 4 is 23.0 Å². The number of carbonyl (C=O) groups excluding carboxylic acids is 1. The minimum Gasteiger partial charge on any atom is -0.497 e. The summed E-state index contributed by atoms with van der Waals surface area (Å²) >= 11 is 0. The number of carbonyl (C=O) groups is 1. The van der Waals surface area contributed by atoms with Crippen molar-refractivity contribution in [1.29, 1.82) is 0 Å². The first-order chi connectivity index (χ1) is 14.5. The maximum Gasteiger partial charge on any atom is 0.293 e. The Morgan fingerprint density at radius 1 is 0.967 bits per heavy atom. The van der Waals surface area contributed by atoms with Gasteiger partial charge in [0.15, 0.2) is 0 Å². The molecule has 8 nitrogen and oxygen atoms in total. The van der Waals surface area contributed by atoms with Crippen molar-refractivity contribution in [2.75, 3.05) is 31.9 Å². The second kappa shape index (κ2) is 8.95. The molecule has 3 aromatic rings. The van der Waals surface area contributed by atoms with Gasteiger partial charge in [0.25, 0.3) is 11.6 Å². The molecule has 0 aromatic heterocycles. The summed E-state index contributed by atoms with van der Waals surface area (Å²) in [5.74, 6) is 0.924. The summed E-state index contributed by atoms with van der Waals surface area (Å²) in [6.45, 7) is 0. The van der Waals surface area contributed by atoms with Crippen LogP contribution in [0.3, 0.4) is 0 Å². The molecule has 0 fully saturated rings. The maximum absolute atomic E-state index is 12.7. The molecule has 0 radical (unpaired) electrons. The van der Waals surface area contributed by atoms with E-state index in [4.69, 9.17) is 9.47 Å². The van der Waals surface area contributed by atoms with Gasteiger partial charge in [-0.1, -0.05) is 12.1 Å². The van der Waals surface area contributed by atoms with E-state index < -0.39 is 10.8 Å². The average Bonchev–Trinajstić information content (AvgIpc) is 2.78. The number of rotatable bonds is 7. The standard InChI is InChI=1S/C22H21N3O5/c1-23-19-10-6-15(12-20(19)25(27)28)22(26)24-16-7-11-21(30-3)18(13-16)14-4-8-17(29-2)9-5-14/h4-13,23H,1-3H3,(H,24,26). The highest BCUT2D eigenvalue weighted by Crippen LogP contribution is 2.34. The van der Waals surface area contributed by atoms with E-state index in [0.29, 0.717) is 17.1 Å². The van der Waals surface area contributed by atoms with Crippen LogP contribution in [0.25, 0.3) is 11.1 Å². The number of nitro benzene ring substituents is 1. The Labute approximate surface area is 173 Å². The van der Waals surface area contributed by atoms with Gasteiger partial charge in [-0.3, -0.25) is 14.9 Å². The van der Waals surface area contributed by atoms with Gasteiger partial charge in [0.2, 0.25) is 0 Å². The molecular formula is C22H21N3O5. The average molecular weight is 407 g/mol. The van der Waals surface area contributed by atoms with Crippen LogP contribution < -0.4 is 20.1 Å². The van der Waals surface area contributed by atoms with Crippen molar-refractivity contribution < 1.29 is 19.2 Å². The Kier molecular flexibility index (Phi) is 6.17. The van der Waals surface area contributed by atoms with Crippen LogP contribution in [0.5, 0.6) is 11.5 Å². The molecule has 3 rings (SSSR count). The normalized spacial score (nSPS) is 10.2. The Morgan fingerprint density at radius 2 is 1.70 bits per heavy atom. The minimum absolute atomic E-state index is 0.168. The molecule has 0 saturated heterocycles. The molecule has 8 heteroatoms. The van der Waals surface area contributed by atoms with Gasteiger partial charge in [-0.25, -0.2) is 0 Å². The number of hydrogen-bond acceptors (Lipinski definition) is 6. The molecule has 0 aliphatic carbocycles. The fraction of sp³-hybridized carbons (Fsp3) is 0.136. The van der Waals surface area contributed by atoms with E-state index in [-0.39, 0.29) is 11.3 Å². The lowest BCUT2D eigenvalue weighted by Gasteiger charge is -2.13. The largest absolute Gasteiger partial charge is 0.497 e. The van der Waals surface area contributed by atoms with Gasteiger partial charge in [-0.05, 0) is 48.0 Å². The number of hydrogen-bond donors (Lipinski definition) is 2. The number of anilines is 2. The van der Waals surface area contributed by atoms with Crippen molar-refractivity contribution in [3.63, 3.8) is 0 Å². The highest BCUT2D eigenvalue weighted by Gasteiger charge is 2.17. The van der Waals surface area contributed by atoms with Crippen molar-refractivity contribution in [3.8, 4) is 22.6 Å². The molecule has 154 valence electrons. The molecule has 0 spiro atoms. The molecule has 0 saturated carbocycles. The van der Waals surface area contributed by atoms with E-state index in [1.807, 2.05) is 24.3 Å². The molecule has 0 aliphatic rings. The summed E-state index contributed by atoms with van der Waals surface area (Å²) in [4.78, 5) is 23.4. The molecule has 0 heterocycles. The molecule has 0 aliphatic heterocycles. The van der Waals surface area contributed by atoms with E-state index in [2.05, 4.69) is 10.6 Å². The summed E-state index contributed by atoms with van der Waals surface area (Å²) in [5.41, 5.74) is 2.56. The maximum atomic E-state index is 12.7. The highest BCUT2D eigenvalue weighted by atomic mass is 16.6. The number of methoxy groups -OCH3 is 2. The van der Waals surface area contributed by atoms with Crippen molar-refractivity contribution in [2.24, 2.45) is 0 Å². The minimum atomic E-state index is -0.530. The third-order valence-corrected chi connectivity index (χ3v) is 4.58. The van der Waals surface area contributed by atoms with Crippen LogP contribution in [0.4, 0.5) is 17.1 Å². The number of amides is 1. The lowest BCUT2D eigenvalue weighted by Crippen LogP contribution is -2.12. The zero-order valence-corrected chi connectivity index (χ0v) is 16.8. The van der Waals surface area contributed by atoms with Crippen molar-refractivity contribution in [3.05, 3.63) is 76.3 Å². The molecular weight excluding hydrogens is 386 g/mol. The molecule has 0 unspecified atom stereocenters. The van der Waals surface area contributed by atoms with Gasteiger partial charge >= 0.3 is 0 Å². The highest BCUT2D eigenvalue weighted by molar-refractivity contribution is 6.05. The first-order valence-electron chi connectivity index (χ1n) is 9.07. The second-order valence-corrected chi connectivity index (χ2v) is 6.34. The van der Waals surface area contributed by atoms with E-state index in [1.54, 1.807) is 39.5 Å². The molecule has 1 amide bonds. The summed E-state index contributed by atoms with van der Waals surface area (Å²) < 4.78 is 10.6. The van der Waals surface area contributed by atoms with Crippen LogP contribution in [0.2, 0.25) is 0 Å². The van der Waals surface area contributed by atoms with Gasteiger partial charge in [-0.2, -0.15) is 0 Å². The quantitative estimate of drug-likeness (QED) is 0.439. The first-order valence-corrected chi connectivity index (χ1v) is 9.07. The number of benzene rings is 3. The van der Waals surface area contributed by atoms with Crippen LogP contribution in [0, 0.1) is 10.1 Å². The fourth-order valence-electron chi connectivity index (χ4n) is 3.02. The monoisotopic (exact) mass is 407 g/mol. The second-order valence-electron chi connectivity index (χ2n) is 6.34. The first kappa shape index (κ1) is 20.7. The fourth-order valence-corrected chi connectivity index (χ4v) is 3.02. The van der Waals surface area contributed by atoms with Gasteiger partial charge in [-0.15, -0.1) is 0 Å². The molecule has 2 N–H and O–H groups in total. The number of ether oxygens (including phenoxy) is 2. The lowest BCUT2D eigenvalue weighted by atomic mass is 10.0. The number of nitrogens with one attached hydrogen (secondary N) is 2. The molecule has 30 heavy (non-hydrogen) atoms. The third kappa shape index (κ3) is 4.33. The van der Waals surface area contributed by atoms with Crippen LogP contribution in [-0.2, 0) is 0 Å². The van der Waals surface area contributed by atoms with Crippen molar-refractivity contribution in [1.82, 2.24) is 0 Å². The Balaban J connectivity index is 1.90. The Morgan fingerprint density at radius 3 is 2.30 bits per heavy atom. The van der Waals surface area contributed by atoms with Gasteiger partial charge in [0, 0.05) is 29.9 Å². The predicted octanol–water partition coefficient (Wildman–Crippen LogP) is 4.57. The van der Waals surface area contributed by atoms with Crippen LogP contribution >= 0.6 is 0 Å². The predicted molar refractivity (Wildman–Crippen MR) is 116 cm³/mol. The van der Waals surface area contributed by atoms with Crippen molar-refractivity contribution in [2.45, 2.75) is 0 Å². The molecule has 0 atom stereocenters. The smallest absolute Gasteiger partial charge is 0.293 e. The third-order valence-electron chi connectivity index (χ3n) is 4.58. The summed E-state index contributed by atoms with van der Waals surface area (Å²) in [6, 6.07) is 17.0. The Bertz CT molecular complexity index is 1080.